The number of rotatable bonds is 1. The Hall–Kier alpha value is -1.84. The van der Waals surface area contributed by atoms with Gasteiger partial charge in [0.1, 0.15) is 11.6 Å². The van der Waals surface area contributed by atoms with Gasteiger partial charge < -0.3 is 0 Å². The Balaban J connectivity index is 2.72. The number of halogens is 2. The van der Waals surface area contributed by atoms with Gasteiger partial charge in [-0.1, -0.05) is 11.6 Å². The van der Waals surface area contributed by atoms with Crippen LogP contribution in [-0.4, -0.2) is 9.55 Å². The normalized spacial score (nSPS) is 10.1. The molecule has 5 nitrogen and oxygen atoms in total. The third-order valence-corrected chi connectivity index (χ3v) is 3.48. The molecule has 0 aliphatic carbocycles. The van der Waals surface area contributed by atoms with Crippen molar-refractivity contribution in [1.82, 2.24) is 9.55 Å². The topological polar surface area (TPSA) is 78.7 Å². The molecule has 2 rings (SSSR count). The molecule has 18 heavy (non-hydrogen) atoms. The Labute approximate surface area is 114 Å². The van der Waals surface area contributed by atoms with Crippen LogP contribution in [0.3, 0.4) is 0 Å². The molecule has 1 heterocycles. The van der Waals surface area contributed by atoms with Gasteiger partial charge in [0.15, 0.2) is 0 Å². The van der Waals surface area contributed by atoms with Gasteiger partial charge in [0, 0.05) is 10.7 Å². The van der Waals surface area contributed by atoms with Crippen molar-refractivity contribution in [3.8, 4) is 11.8 Å². The zero-order valence-electron chi connectivity index (χ0n) is 8.78. The first kappa shape index (κ1) is 12.6. The smallest absolute Gasteiger partial charge is 0.273 e. The second kappa shape index (κ2) is 4.80. The number of nitrogens with one attached hydrogen (secondary N) is 1. The van der Waals surface area contributed by atoms with E-state index in [-0.39, 0.29) is 5.56 Å². The number of nitriles is 1. The van der Waals surface area contributed by atoms with Gasteiger partial charge in [0.05, 0.1) is 10.7 Å². The van der Waals surface area contributed by atoms with Crippen LogP contribution >= 0.6 is 27.5 Å². The number of hydrogen-bond acceptors (Lipinski definition) is 3. The van der Waals surface area contributed by atoms with Crippen molar-refractivity contribution in [2.75, 3.05) is 0 Å². The summed E-state index contributed by atoms with van der Waals surface area (Å²) in [5.41, 5.74) is -1.02. The van der Waals surface area contributed by atoms with Crippen LogP contribution < -0.4 is 11.2 Å². The third kappa shape index (κ3) is 2.23. The van der Waals surface area contributed by atoms with Gasteiger partial charge in [-0.05, 0) is 34.1 Å². The van der Waals surface area contributed by atoms with Crippen LogP contribution in [0.4, 0.5) is 0 Å². The molecule has 0 spiro atoms. The molecule has 1 aromatic carbocycles. The predicted octanol–water partition coefficient (Wildman–Crippen LogP) is 1.81. The second-order valence-electron chi connectivity index (χ2n) is 3.38. The Bertz CT molecular complexity index is 773. The summed E-state index contributed by atoms with van der Waals surface area (Å²) >= 11 is 9.15. The number of aromatic amines is 1. The summed E-state index contributed by atoms with van der Waals surface area (Å²) in [6, 6.07) is 6.56. The summed E-state index contributed by atoms with van der Waals surface area (Å²) < 4.78 is 1.84. The van der Waals surface area contributed by atoms with Crippen molar-refractivity contribution in [3.05, 3.63) is 60.3 Å². The molecule has 0 saturated heterocycles. The maximum absolute atomic E-state index is 11.6. The third-order valence-electron chi connectivity index (χ3n) is 2.24. The SMILES string of the molecule is N#Cc1cn(-c2ccc(Br)c(Cl)c2)c(=O)[nH]c1=O. The highest BCUT2D eigenvalue weighted by atomic mass is 79.9. The predicted molar refractivity (Wildman–Crippen MR) is 70.1 cm³/mol. The number of H-pyrrole nitrogens is 1. The van der Waals surface area contributed by atoms with Gasteiger partial charge in [-0.25, -0.2) is 4.79 Å². The number of benzene rings is 1. The monoisotopic (exact) mass is 325 g/mol. The largest absolute Gasteiger partial charge is 0.332 e. The summed E-state index contributed by atoms with van der Waals surface area (Å²) in [6.07, 6.45) is 1.18. The average molecular weight is 327 g/mol. The van der Waals surface area contributed by atoms with Gasteiger partial charge in [0.2, 0.25) is 0 Å². The highest BCUT2D eigenvalue weighted by Crippen LogP contribution is 2.24. The Morgan fingerprint density at radius 2 is 2.11 bits per heavy atom. The molecule has 0 unspecified atom stereocenters. The summed E-state index contributed by atoms with van der Waals surface area (Å²) in [4.78, 5) is 25.0. The lowest BCUT2D eigenvalue weighted by molar-refractivity contribution is 0.889. The molecule has 0 radical (unpaired) electrons. The zero-order chi connectivity index (χ0) is 13.3. The minimum atomic E-state index is -0.707. The number of nitrogens with zero attached hydrogens (tertiary/aromatic N) is 2. The lowest BCUT2D eigenvalue weighted by Gasteiger charge is -2.06. The maximum atomic E-state index is 11.6. The quantitative estimate of drug-likeness (QED) is 0.868. The fourth-order valence-electron chi connectivity index (χ4n) is 1.38. The molecular weight excluding hydrogens is 321 g/mol. The fraction of sp³-hybridized carbons (Fsp3) is 0. The molecule has 0 atom stereocenters. The standard InChI is InChI=1S/C11H5BrClN3O2/c12-8-2-1-7(3-9(8)13)16-5-6(4-14)10(17)15-11(16)18/h1-3,5H,(H,15,17,18). The van der Waals surface area contributed by atoms with Crippen molar-refractivity contribution in [2.24, 2.45) is 0 Å². The van der Waals surface area contributed by atoms with Crippen LogP contribution in [0, 0.1) is 11.3 Å². The van der Waals surface area contributed by atoms with Crippen molar-refractivity contribution >= 4 is 27.5 Å². The molecule has 2 aromatic rings. The summed E-state index contributed by atoms with van der Waals surface area (Å²) in [5, 5.41) is 9.18. The first-order valence-electron chi connectivity index (χ1n) is 4.74. The van der Waals surface area contributed by atoms with E-state index in [2.05, 4.69) is 20.9 Å². The Morgan fingerprint density at radius 3 is 2.72 bits per heavy atom. The van der Waals surface area contributed by atoms with E-state index < -0.39 is 11.2 Å². The van der Waals surface area contributed by atoms with E-state index in [0.717, 1.165) is 4.57 Å². The molecule has 1 N–H and O–H groups in total. The van der Waals surface area contributed by atoms with Crippen LogP contribution in [0.1, 0.15) is 5.56 Å². The van der Waals surface area contributed by atoms with Crippen LogP contribution in [-0.2, 0) is 0 Å². The van der Waals surface area contributed by atoms with E-state index in [1.165, 1.54) is 6.20 Å². The molecule has 0 amide bonds. The molecule has 0 aliphatic rings. The van der Waals surface area contributed by atoms with Gasteiger partial charge in [-0.2, -0.15) is 5.26 Å². The highest BCUT2D eigenvalue weighted by molar-refractivity contribution is 9.10. The van der Waals surface area contributed by atoms with Gasteiger partial charge in [0.25, 0.3) is 5.56 Å². The molecule has 7 heteroatoms. The lowest BCUT2D eigenvalue weighted by Crippen LogP contribution is -2.30. The molecule has 0 bridgehead atoms. The molecule has 90 valence electrons. The van der Waals surface area contributed by atoms with Crippen molar-refractivity contribution in [1.29, 1.82) is 5.26 Å². The van der Waals surface area contributed by atoms with Gasteiger partial charge >= 0.3 is 5.69 Å². The Kier molecular flexibility index (Phi) is 3.36. The first-order valence-corrected chi connectivity index (χ1v) is 5.91. The van der Waals surface area contributed by atoms with E-state index in [9.17, 15) is 9.59 Å². The van der Waals surface area contributed by atoms with Gasteiger partial charge in [-0.15, -0.1) is 0 Å². The minimum Gasteiger partial charge on any atom is -0.273 e. The van der Waals surface area contributed by atoms with Crippen LogP contribution in [0.5, 0.6) is 0 Å². The molecule has 0 fully saturated rings. The second-order valence-corrected chi connectivity index (χ2v) is 4.64. The van der Waals surface area contributed by atoms with E-state index in [1.54, 1.807) is 24.3 Å². The number of hydrogen-bond donors (Lipinski definition) is 1. The van der Waals surface area contributed by atoms with Crippen LogP contribution in [0.2, 0.25) is 5.02 Å². The average Bonchev–Trinajstić information content (AvgIpc) is 2.33. The molecule has 0 aliphatic heterocycles. The zero-order valence-corrected chi connectivity index (χ0v) is 11.1. The van der Waals surface area contributed by atoms with Gasteiger partial charge in [-0.3, -0.25) is 14.3 Å². The van der Waals surface area contributed by atoms with Crippen molar-refractivity contribution < 1.29 is 0 Å². The van der Waals surface area contributed by atoms with Crippen molar-refractivity contribution in [3.63, 3.8) is 0 Å². The van der Waals surface area contributed by atoms with Crippen molar-refractivity contribution in [2.45, 2.75) is 0 Å². The van der Waals surface area contributed by atoms with E-state index in [4.69, 9.17) is 16.9 Å². The molecule has 0 saturated carbocycles. The fourth-order valence-corrected chi connectivity index (χ4v) is 1.80. The minimum absolute atomic E-state index is 0.145. The van der Waals surface area contributed by atoms with E-state index in [0.29, 0.717) is 15.2 Å². The number of aromatic nitrogens is 2. The van der Waals surface area contributed by atoms with Crippen LogP contribution in [0.15, 0.2) is 38.5 Å². The van der Waals surface area contributed by atoms with E-state index in [1.807, 2.05) is 0 Å². The summed E-state index contributed by atoms with van der Waals surface area (Å²) in [5.74, 6) is 0. The molecular formula is C11H5BrClN3O2. The van der Waals surface area contributed by atoms with E-state index >= 15 is 0 Å². The summed E-state index contributed by atoms with van der Waals surface area (Å²) in [6.45, 7) is 0. The maximum Gasteiger partial charge on any atom is 0.332 e. The highest BCUT2D eigenvalue weighted by Gasteiger charge is 2.07. The lowest BCUT2D eigenvalue weighted by atomic mass is 10.3. The van der Waals surface area contributed by atoms with Crippen LogP contribution in [0.25, 0.3) is 5.69 Å². The molecule has 1 aromatic heterocycles. The summed E-state index contributed by atoms with van der Waals surface area (Å²) in [7, 11) is 0. The first-order chi connectivity index (χ1) is 8.52. The Morgan fingerprint density at radius 1 is 1.39 bits per heavy atom.